The molecule has 0 spiro atoms. The zero-order chi connectivity index (χ0) is 20.3. The highest BCUT2D eigenvalue weighted by Gasteiger charge is 2.42. The van der Waals surface area contributed by atoms with Crippen LogP contribution >= 0.6 is 15.9 Å². The molecule has 1 unspecified atom stereocenters. The van der Waals surface area contributed by atoms with Crippen molar-refractivity contribution in [3.63, 3.8) is 0 Å². The average Bonchev–Trinajstić information content (AvgIpc) is 2.69. The van der Waals surface area contributed by atoms with E-state index in [0.29, 0.717) is 40.7 Å². The van der Waals surface area contributed by atoms with Crippen LogP contribution in [-0.4, -0.2) is 24.8 Å². The van der Waals surface area contributed by atoms with Crippen LogP contribution in [0, 0.1) is 0 Å². The minimum absolute atomic E-state index is 0.234. The maximum Gasteiger partial charge on any atom is 0.256 e. The van der Waals surface area contributed by atoms with E-state index in [0.717, 1.165) is 5.56 Å². The Hall–Kier alpha value is -2.67. The molecule has 146 valence electrons. The fraction of sp³-hybridized carbons (Fsp3) is 0.286. The third-order valence-corrected chi connectivity index (χ3v) is 5.87. The molecule has 0 aromatic heterocycles. The van der Waals surface area contributed by atoms with Gasteiger partial charge in [0.1, 0.15) is 5.75 Å². The highest BCUT2D eigenvalue weighted by atomic mass is 79.9. The second-order valence-corrected chi connectivity index (χ2v) is 7.54. The molecule has 2 N–H and O–H groups in total. The van der Waals surface area contributed by atoms with Crippen LogP contribution in [0.1, 0.15) is 42.1 Å². The number of piperidine rings is 1. The minimum Gasteiger partial charge on any atom is -0.497 e. The highest BCUT2D eigenvalue weighted by molar-refractivity contribution is 9.10. The lowest BCUT2D eigenvalue weighted by atomic mass is 9.72. The third kappa shape index (κ3) is 3.80. The van der Waals surface area contributed by atoms with Gasteiger partial charge in [0.2, 0.25) is 11.8 Å². The summed E-state index contributed by atoms with van der Waals surface area (Å²) < 4.78 is 5.83. The molecule has 1 atom stereocenters. The summed E-state index contributed by atoms with van der Waals surface area (Å²) >= 11 is 3.38. The van der Waals surface area contributed by atoms with Gasteiger partial charge in [0.25, 0.3) is 5.91 Å². The molecule has 3 amide bonds. The number of carbonyl (C=O) groups excluding carboxylic acids is 3. The van der Waals surface area contributed by atoms with Crippen LogP contribution in [0.25, 0.3) is 0 Å². The van der Waals surface area contributed by atoms with Crippen molar-refractivity contribution in [2.24, 2.45) is 0 Å². The topological polar surface area (TPSA) is 84.5 Å². The molecule has 0 aliphatic carbocycles. The number of methoxy groups -OCH3 is 1. The van der Waals surface area contributed by atoms with Gasteiger partial charge in [0, 0.05) is 16.6 Å². The molecule has 0 bridgehead atoms. The molecule has 6 nitrogen and oxygen atoms in total. The van der Waals surface area contributed by atoms with E-state index in [2.05, 4.69) is 26.6 Å². The number of rotatable bonds is 5. The normalized spacial score (nSPS) is 19.1. The number of benzene rings is 2. The Morgan fingerprint density at radius 1 is 1.21 bits per heavy atom. The Morgan fingerprint density at radius 3 is 2.54 bits per heavy atom. The van der Waals surface area contributed by atoms with E-state index in [1.807, 2.05) is 19.1 Å². The first kappa shape index (κ1) is 20.1. The number of halogens is 1. The quantitative estimate of drug-likeness (QED) is 0.686. The van der Waals surface area contributed by atoms with E-state index >= 15 is 0 Å². The molecule has 7 heteroatoms. The predicted molar refractivity (Wildman–Crippen MR) is 109 cm³/mol. The van der Waals surface area contributed by atoms with Gasteiger partial charge >= 0.3 is 0 Å². The molecule has 1 aliphatic heterocycles. The number of imide groups is 1. The first-order chi connectivity index (χ1) is 13.4. The molecule has 1 heterocycles. The van der Waals surface area contributed by atoms with Crippen LogP contribution in [-0.2, 0) is 15.0 Å². The number of nitrogens with one attached hydrogen (secondary N) is 2. The van der Waals surface area contributed by atoms with Gasteiger partial charge in [-0.3, -0.25) is 19.7 Å². The van der Waals surface area contributed by atoms with Gasteiger partial charge in [0.15, 0.2) is 0 Å². The summed E-state index contributed by atoms with van der Waals surface area (Å²) in [6.45, 7) is 1.94. The van der Waals surface area contributed by atoms with Crippen molar-refractivity contribution in [3.05, 3.63) is 58.1 Å². The maximum atomic E-state index is 12.6. The van der Waals surface area contributed by atoms with Crippen molar-refractivity contribution >= 4 is 39.3 Å². The summed E-state index contributed by atoms with van der Waals surface area (Å²) in [6.07, 6.45) is 1.40. The smallest absolute Gasteiger partial charge is 0.256 e. The van der Waals surface area contributed by atoms with E-state index in [-0.39, 0.29) is 17.7 Å². The Balaban J connectivity index is 1.80. The lowest BCUT2D eigenvalue weighted by Crippen LogP contribution is -2.51. The Bertz CT molecular complexity index is 927. The van der Waals surface area contributed by atoms with E-state index in [9.17, 15) is 14.4 Å². The third-order valence-electron chi connectivity index (χ3n) is 5.18. The van der Waals surface area contributed by atoms with Crippen molar-refractivity contribution in [1.82, 2.24) is 5.32 Å². The fourth-order valence-corrected chi connectivity index (χ4v) is 3.87. The Kier molecular flexibility index (Phi) is 5.84. The molecule has 28 heavy (non-hydrogen) atoms. The molecule has 3 rings (SSSR count). The first-order valence-corrected chi connectivity index (χ1v) is 9.78. The van der Waals surface area contributed by atoms with Gasteiger partial charge in [-0.05, 0) is 64.7 Å². The molecule has 0 saturated carbocycles. The zero-order valence-corrected chi connectivity index (χ0v) is 17.3. The van der Waals surface area contributed by atoms with Gasteiger partial charge in [0.05, 0.1) is 18.1 Å². The van der Waals surface area contributed by atoms with Gasteiger partial charge < -0.3 is 10.1 Å². The van der Waals surface area contributed by atoms with Crippen molar-refractivity contribution in [1.29, 1.82) is 0 Å². The predicted octanol–water partition coefficient (Wildman–Crippen LogP) is 3.79. The maximum absolute atomic E-state index is 12.6. The molecule has 2 aromatic rings. The van der Waals surface area contributed by atoms with Crippen molar-refractivity contribution < 1.29 is 19.1 Å². The molecular weight excluding hydrogens is 424 g/mol. The molecular formula is C21H21BrN2O4. The van der Waals surface area contributed by atoms with Crippen LogP contribution in [0.4, 0.5) is 5.69 Å². The van der Waals surface area contributed by atoms with Crippen LogP contribution in [0.2, 0.25) is 0 Å². The summed E-state index contributed by atoms with van der Waals surface area (Å²) in [5.41, 5.74) is 1.19. The van der Waals surface area contributed by atoms with Crippen molar-refractivity contribution in [3.8, 4) is 5.75 Å². The second-order valence-electron chi connectivity index (χ2n) is 6.69. The van der Waals surface area contributed by atoms with Crippen molar-refractivity contribution in [2.75, 3.05) is 12.4 Å². The van der Waals surface area contributed by atoms with Crippen LogP contribution in [0.3, 0.4) is 0 Å². The van der Waals surface area contributed by atoms with Crippen LogP contribution < -0.4 is 15.4 Å². The summed E-state index contributed by atoms with van der Waals surface area (Å²) in [6, 6.07) is 12.4. The monoisotopic (exact) mass is 444 g/mol. The van der Waals surface area contributed by atoms with E-state index in [4.69, 9.17) is 4.74 Å². The van der Waals surface area contributed by atoms with Gasteiger partial charge in [-0.2, -0.15) is 0 Å². The number of anilines is 1. The molecule has 1 saturated heterocycles. The number of hydrogen-bond donors (Lipinski definition) is 2. The number of amides is 3. The number of hydrogen-bond acceptors (Lipinski definition) is 4. The lowest BCUT2D eigenvalue weighted by molar-refractivity contribution is -0.138. The Labute approximate surface area is 171 Å². The van der Waals surface area contributed by atoms with E-state index < -0.39 is 5.41 Å². The molecule has 1 aliphatic rings. The van der Waals surface area contributed by atoms with Gasteiger partial charge in [-0.25, -0.2) is 0 Å². The SMILES string of the molecule is CCC1(c2ccc(NC(=O)c3cc(OC)ccc3Br)cc2)CCC(=O)NC1=O. The largest absolute Gasteiger partial charge is 0.497 e. The summed E-state index contributed by atoms with van der Waals surface area (Å²) in [5.74, 6) is -0.179. The van der Waals surface area contributed by atoms with Gasteiger partial charge in [-0.1, -0.05) is 19.1 Å². The number of ether oxygens (including phenoxy) is 1. The van der Waals surface area contributed by atoms with Crippen LogP contribution in [0.5, 0.6) is 5.75 Å². The second kappa shape index (κ2) is 8.14. The first-order valence-electron chi connectivity index (χ1n) is 8.99. The summed E-state index contributed by atoms with van der Waals surface area (Å²) in [7, 11) is 1.54. The lowest BCUT2D eigenvalue weighted by Gasteiger charge is -2.35. The fourth-order valence-electron chi connectivity index (χ4n) is 3.44. The highest BCUT2D eigenvalue weighted by Crippen LogP contribution is 2.36. The average molecular weight is 445 g/mol. The van der Waals surface area contributed by atoms with E-state index in [1.165, 1.54) is 0 Å². The molecule has 0 radical (unpaired) electrons. The van der Waals surface area contributed by atoms with Crippen LogP contribution in [0.15, 0.2) is 46.9 Å². The standard InChI is InChI=1S/C21H21BrN2O4/c1-3-21(11-10-18(25)24-20(21)27)13-4-6-14(7-5-13)23-19(26)16-12-15(28-2)8-9-17(16)22/h4-9,12H,3,10-11H2,1-2H3,(H,23,26)(H,24,25,27). The molecule has 2 aromatic carbocycles. The van der Waals surface area contributed by atoms with E-state index in [1.54, 1.807) is 37.4 Å². The summed E-state index contributed by atoms with van der Waals surface area (Å²) in [4.78, 5) is 36.6. The molecule has 1 fully saturated rings. The number of carbonyl (C=O) groups is 3. The van der Waals surface area contributed by atoms with Crippen molar-refractivity contribution in [2.45, 2.75) is 31.6 Å². The Morgan fingerprint density at radius 2 is 1.93 bits per heavy atom. The zero-order valence-electron chi connectivity index (χ0n) is 15.7. The summed E-state index contributed by atoms with van der Waals surface area (Å²) in [5, 5.41) is 5.29. The minimum atomic E-state index is -0.716. The van der Waals surface area contributed by atoms with Gasteiger partial charge in [-0.15, -0.1) is 0 Å².